The summed E-state index contributed by atoms with van der Waals surface area (Å²) in [6.07, 6.45) is 3.22. The van der Waals surface area contributed by atoms with Crippen LogP contribution in [-0.4, -0.2) is 62.3 Å². The Morgan fingerprint density at radius 3 is 2.88 bits per heavy atom. The van der Waals surface area contributed by atoms with Crippen LogP contribution < -0.4 is 10.1 Å². The van der Waals surface area contributed by atoms with Crippen molar-refractivity contribution in [2.24, 2.45) is 0 Å². The zero-order chi connectivity index (χ0) is 22.9. The van der Waals surface area contributed by atoms with Gasteiger partial charge in [-0.1, -0.05) is 11.6 Å². The van der Waals surface area contributed by atoms with Gasteiger partial charge in [0.25, 0.3) is 0 Å². The van der Waals surface area contributed by atoms with E-state index in [0.29, 0.717) is 29.7 Å². The zero-order valence-electron chi connectivity index (χ0n) is 18.6. The van der Waals surface area contributed by atoms with Crippen molar-refractivity contribution >= 4 is 17.5 Å². The molecular weight excluding hydrogens is 430 g/mol. The van der Waals surface area contributed by atoms with E-state index in [4.69, 9.17) is 16.3 Å². The van der Waals surface area contributed by atoms with E-state index in [0.717, 1.165) is 31.2 Å². The third-order valence-electron chi connectivity index (χ3n) is 5.96. The van der Waals surface area contributed by atoms with E-state index < -0.39 is 0 Å². The van der Waals surface area contributed by atoms with E-state index in [-0.39, 0.29) is 29.6 Å². The number of hydrogen-bond acceptors (Lipinski definition) is 7. The van der Waals surface area contributed by atoms with Gasteiger partial charge in [-0.2, -0.15) is 5.26 Å². The average molecular weight is 458 g/mol. The number of carbonyl (C=O) groups is 1. The van der Waals surface area contributed by atoms with Crippen LogP contribution in [-0.2, 0) is 10.3 Å². The van der Waals surface area contributed by atoms with Crippen molar-refractivity contribution in [2.75, 3.05) is 13.2 Å². The van der Waals surface area contributed by atoms with Gasteiger partial charge in [-0.25, -0.2) is 4.68 Å². The Labute approximate surface area is 192 Å². The van der Waals surface area contributed by atoms with Crippen LogP contribution in [0.25, 0.3) is 11.4 Å². The minimum Gasteiger partial charge on any atom is -0.490 e. The minimum atomic E-state index is -0.295. The van der Waals surface area contributed by atoms with Crippen LogP contribution in [0, 0.1) is 11.3 Å². The fourth-order valence-electron chi connectivity index (χ4n) is 4.28. The summed E-state index contributed by atoms with van der Waals surface area (Å²) in [6.45, 7) is 7.16. The first kappa shape index (κ1) is 22.5. The van der Waals surface area contributed by atoms with Gasteiger partial charge >= 0.3 is 0 Å². The first-order chi connectivity index (χ1) is 15.3. The Balaban J connectivity index is 1.36. The number of aromatic nitrogens is 4. The van der Waals surface area contributed by atoms with E-state index in [2.05, 4.69) is 26.9 Å². The van der Waals surface area contributed by atoms with Gasteiger partial charge < -0.3 is 9.64 Å². The van der Waals surface area contributed by atoms with Crippen LogP contribution in [0.5, 0.6) is 5.75 Å². The number of rotatable bonds is 5. The average Bonchev–Trinajstić information content (AvgIpc) is 3.52. The predicted molar refractivity (Wildman–Crippen MR) is 119 cm³/mol. The normalized spacial score (nSPS) is 23.3. The maximum Gasteiger partial charge on any atom is 0.240 e. The Kier molecular flexibility index (Phi) is 6.35. The molecule has 4 rings (SSSR count). The summed E-state index contributed by atoms with van der Waals surface area (Å²) in [4.78, 5) is 14.5. The quantitative estimate of drug-likeness (QED) is 0.735. The number of amides is 1. The van der Waals surface area contributed by atoms with E-state index in [9.17, 15) is 10.1 Å². The van der Waals surface area contributed by atoms with Crippen LogP contribution >= 0.6 is 11.6 Å². The maximum atomic E-state index is 12.8. The molecule has 10 heteroatoms. The molecular formula is C22H28ClN7O2. The van der Waals surface area contributed by atoms with Crippen molar-refractivity contribution in [3.8, 4) is 23.2 Å². The molecule has 3 heterocycles. The topological polar surface area (TPSA) is 109 Å². The SMILES string of the molecule is CC(C)(C)n1nnnc1-c1ccc(OC[C@H]2CC[C@@H](C(=O)N3CCC[C@H]3C#N)N2)c(Cl)c1. The summed E-state index contributed by atoms with van der Waals surface area (Å²) in [7, 11) is 0. The molecule has 2 saturated heterocycles. The van der Waals surface area contributed by atoms with Gasteiger partial charge in [-0.05, 0) is 75.1 Å². The monoisotopic (exact) mass is 457 g/mol. The third kappa shape index (κ3) is 4.57. The number of tetrazole rings is 1. The fraction of sp³-hybridized carbons (Fsp3) is 0.591. The molecule has 2 aromatic rings. The second-order valence-electron chi connectivity index (χ2n) is 9.35. The molecule has 2 aliphatic rings. The number of hydrogen-bond donors (Lipinski definition) is 1. The highest BCUT2D eigenvalue weighted by molar-refractivity contribution is 6.32. The molecule has 3 atom stereocenters. The van der Waals surface area contributed by atoms with E-state index in [1.807, 2.05) is 32.9 Å². The summed E-state index contributed by atoms with van der Waals surface area (Å²) >= 11 is 6.48. The number of likely N-dealkylation sites (tertiary alicyclic amines) is 1. The van der Waals surface area contributed by atoms with Gasteiger partial charge in [0, 0.05) is 18.2 Å². The summed E-state index contributed by atoms with van der Waals surface area (Å²) < 4.78 is 7.72. The first-order valence-electron chi connectivity index (χ1n) is 11.0. The standard InChI is InChI=1S/C22H28ClN7O2/c1-22(2,3)30-20(26-27-28-30)14-6-9-19(17(23)11-14)32-13-15-7-8-18(25-15)21(31)29-10-4-5-16(29)12-24/h6,9,11,15-16,18,25H,4-5,7-8,10,13H2,1-3H3/t15-,16+,18+/m1/s1. The second-order valence-corrected chi connectivity index (χ2v) is 9.76. The molecule has 2 aliphatic heterocycles. The predicted octanol–water partition coefficient (Wildman–Crippen LogP) is 2.76. The number of nitrogens with zero attached hydrogens (tertiary/aromatic N) is 6. The molecule has 32 heavy (non-hydrogen) atoms. The lowest BCUT2D eigenvalue weighted by Crippen LogP contribution is -2.47. The summed E-state index contributed by atoms with van der Waals surface area (Å²) in [5, 5.41) is 25.1. The molecule has 1 N–H and O–H groups in total. The van der Waals surface area contributed by atoms with Gasteiger partial charge in [0.1, 0.15) is 18.4 Å². The van der Waals surface area contributed by atoms with Crippen LogP contribution in [0.15, 0.2) is 18.2 Å². The van der Waals surface area contributed by atoms with Crippen molar-refractivity contribution in [3.05, 3.63) is 23.2 Å². The molecule has 2 fully saturated rings. The Morgan fingerprint density at radius 1 is 1.34 bits per heavy atom. The van der Waals surface area contributed by atoms with Crippen LogP contribution in [0.1, 0.15) is 46.5 Å². The molecule has 9 nitrogen and oxygen atoms in total. The molecule has 1 amide bonds. The van der Waals surface area contributed by atoms with Gasteiger partial charge in [0.2, 0.25) is 5.91 Å². The van der Waals surface area contributed by atoms with E-state index in [1.54, 1.807) is 15.6 Å². The molecule has 1 aromatic heterocycles. The lowest BCUT2D eigenvalue weighted by atomic mass is 10.1. The smallest absolute Gasteiger partial charge is 0.240 e. The molecule has 0 radical (unpaired) electrons. The number of nitrogens with one attached hydrogen (secondary N) is 1. The van der Waals surface area contributed by atoms with Crippen LogP contribution in [0.2, 0.25) is 5.02 Å². The lowest BCUT2D eigenvalue weighted by Gasteiger charge is -2.24. The molecule has 0 spiro atoms. The number of nitriles is 1. The third-order valence-corrected chi connectivity index (χ3v) is 6.25. The van der Waals surface area contributed by atoms with Crippen LogP contribution in [0.4, 0.5) is 0 Å². The highest BCUT2D eigenvalue weighted by Crippen LogP contribution is 2.31. The van der Waals surface area contributed by atoms with Gasteiger partial charge in [0.05, 0.1) is 22.7 Å². The van der Waals surface area contributed by atoms with Crippen molar-refractivity contribution in [2.45, 2.75) is 70.1 Å². The molecule has 0 unspecified atom stereocenters. The fourth-order valence-corrected chi connectivity index (χ4v) is 4.51. The van der Waals surface area contributed by atoms with Crippen molar-refractivity contribution in [1.29, 1.82) is 5.26 Å². The first-order valence-corrected chi connectivity index (χ1v) is 11.3. The van der Waals surface area contributed by atoms with Gasteiger partial charge in [-0.15, -0.1) is 5.10 Å². The number of halogens is 1. The lowest BCUT2D eigenvalue weighted by molar-refractivity contribution is -0.133. The largest absolute Gasteiger partial charge is 0.490 e. The highest BCUT2D eigenvalue weighted by Gasteiger charge is 2.37. The van der Waals surface area contributed by atoms with Crippen molar-refractivity contribution in [1.82, 2.24) is 30.4 Å². The Bertz CT molecular complexity index is 1030. The van der Waals surface area contributed by atoms with Crippen molar-refractivity contribution < 1.29 is 9.53 Å². The van der Waals surface area contributed by atoms with Gasteiger partial charge in [0.15, 0.2) is 5.82 Å². The van der Waals surface area contributed by atoms with Crippen molar-refractivity contribution in [3.63, 3.8) is 0 Å². The van der Waals surface area contributed by atoms with E-state index in [1.165, 1.54) is 0 Å². The Hall–Kier alpha value is -2.70. The summed E-state index contributed by atoms with van der Waals surface area (Å²) in [5.41, 5.74) is 0.551. The molecule has 0 aliphatic carbocycles. The summed E-state index contributed by atoms with van der Waals surface area (Å²) in [6, 6.07) is 7.24. The Morgan fingerprint density at radius 2 is 2.16 bits per heavy atom. The van der Waals surface area contributed by atoms with Gasteiger partial charge in [-0.3, -0.25) is 10.1 Å². The number of ether oxygens (including phenoxy) is 1. The number of benzene rings is 1. The second kappa shape index (κ2) is 9.04. The van der Waals surface area contributed by atoms with E-state index >= 15 is 0 Å². The molecule has 170 valence electrons. The molecule has 0 saturated carbocycles. The zero-order valence-corrected chi connectivity index (χ0v) is 19.3. The molecule has 1 aromatic carbocycles. The van der Waals surface area contributed by atoms with Crippen LogP contribution in [0.3, 0.4) is 0 Å². The maximum absolute atomic E-state index is 12.8. The molecule has 0 bridgehead atoms. The minimum absolute atomic E-state index is 0.0236. The highest BCUT2D eigenvalue weighted by atomic mass is 35.5. The number of carbonyl (C=O) groups excluding carboxylic acids is 1. The summed E-state index contributed by atoms with van der Waals surface area (Å²) in [5.74, 6) is 1.24.